The average molecular weight is 187 g/mol. The van der Waals surface area contributed by atoms with Gasteiger partial charge in [0.2, 0.25) is 0 Å². The molecule has 0 saturated carbocycles. The van der Waals surface area contributed by atoms with Crippen LogP contribution in [0.3, 0.4) is 0 Å². The molecular weight excluding hydrogens is 178 g/mol. The Balaban J connectivity index is 2.36. The van der Waals surface area contributed by atoms with Crippen molar-refractivity contribution in [3.8, 4) is 0 Å². The molecule has 13 heavy (non-hydrogen) atoms. The van der Waals surface area contributed by atoms with E-state index in [0.29, 0.717) is 0 Å². The van der Waals surface area contributed by atoms with E-state index in [1.807, 2.05) is 11.8 Å². The van der Waals surface area contributed by atoms with Crippen LogP contribution in [0.1, 0.15) is 0 Å². The van der Waals surface area contributed by atoms with Gasteiger partial charge in [0.05, 0.1) is 5.88 Å². The number of benzene rings is 2. The molecule has 1 heterocycles. The minimum Gasteiger partial charge on any atom is -0.375 e. The van der Waals surface area contributed by atoms with Crippen LogP contribution >= 0.6 is 11.8 Å². The molecule has 0 amide bonds. The Hall–Kier alpha value is -1.15. The van der Waals surface area contributed by atoms with E-state index in [1.165, 1.54) is 21.4 Å². The van der Waals surface area contributed by atoms with E-state index in [1.54, 1.807) is 0 Å². The number of fused-ring (bicyclic) bond motifs is 2. The maximum Gasteiger partial charge on any atom is 0.0658 e. The Bertz CT molecular complexity index is 422. The minimum absolute atomic E-state index is 1.01. The Labute approximate surface area is 81.1 Å². The van der Waals surface area contributed by atoms with Crippen molar-refractivity contribution in [2.24, 2.45) is 0 Å². The highest BCUT2D eigenvalue weighted by molar-refractivity contribution is 7.99. The summed E-state index contributed by atoms with van der Waals surface area (Å²) in [6.07, 6.45) is 0. The van der Waals surface area contributed by atoms with E-state index in [4.69, 9.17) is 0 Å². The molecule has 3 rings (SSSR count). The molecule has 0 aliphatic carbocycles. The molecule has 0 unspecified atom stereocenters. The first-order valence-electron chi connectivity index (χ1n) is 4.33. The van der Waals surface area contributed by atoms with E-state index >= 15 is 0 Å². The van der Waals surface area contributed by atoms with Crippen molar-refractivity contribution in [3.05, 3.63) is 36.4 Å². The van der Waals surface area contributed by atoms with Crippen LogP contribution in [-0.4, -0.2) is 5.88 Å². The van der Waals surface area contributed by atoms with Gasteiger partial charge in [-0.1, -0.05) is 24.3 Å². The summed E-state index contributed by atoms with van der Waals surface area (Å²) < 4.78 is 0. The first-order valence-corrected chi connectivity index (χ1v) is 5.31. The van der Waals surface area contributed by atoms with Crippen LogP contribution < -0.4 is 5.32 Å². The van der Waals surface area contributed by atoms with E-state index in [-0.39, 0.29) is 0 Å². The summed E-state index contributed by atoms with van der Waals surface area (Å²) in [6.45, 7) is 0. The van der Waals surface area contributed by atoms with Crippen molar-refractivity contribution in [1.82, 2.24) is 0 Å². The molecule has 1 aliphatic heterocycles. The highest BCUT2D eigenvalue weighted by Crippen LogP contribution is 2.36. The molecule has 2 aromatic rings. The van der Waals surface area contributed by atoms with Gasteiger partial charge >= 0.3 is 0 Å². The molecule has 1 N–H and O–H groups in total. The van der Waals surface area contributed by atoms with Gasteiger partial charge in [0.25, 0.3) is 0 Å². The Morgan fingerprint density at radius 3 is 2.69 bits per heavy atom. The lowest BCUT2D eigenvalue weighted by atomic mass is 10.1. The predicted molar refractivity (Wildman–Crippen MR) is 58.3 cm³/mol. The van der Waals surface area contributed by atoms with Crippen LogP contribution in [0.5, 0.6) is 0 Å². The Kier molecular flexibility index (Phi) is 1.49. The lowest BCUT2D eigenvalue weighted by Crippen LogP contribution is -1.87. The average Bonchev–Trinajstić information content (AvgIpc) is 2.61. The fraction of sp³-hybridized carbons (Fsp3) is 0.0909. The van der Waals surface area contributed by atoms with Crippen molar-refractivity contribution >= 4 is 28.2 Å². The van der Waals surface area contributed by atoms with Crippen LogP contribution in [0.2, 0.25) is 0 Å². The summed E-state index contributed by atoms with van der Waals surface area (Å²) in [6, 6.07) is 13.0. The van der Waals surface area contributed by atoms with Gasteiger partial charge < -0.3 is 5.32 Å². The van der Waals surface area contributed by atoms with Crippen LogP contribution in [-0.2, 0) is 0 Å². The molecule has 0 spiro atoms. The standard InChI is InChI=1S/C11H9NS/c1-2-4-9-6-11-10(12-7-13-11)5-8(9)3-1/h1-6,12H,7H2. The molecule has 0 bridgehead atoms. The monoisotopic (exact) mass is 187 g/mol. The number of anilines is 1. The van der Waals surface area contributed by atoms with Gasteiger partial charge in [-0.15, -0.1) is 11.8 Å². The highest BCUT2D eigenvalue weighted by Gasteiger charge is 2.10. The molecule has 0 radical (unpaired) electrons. The van der Waals surface area contributed by atoms with Crippen molar-refractivity contribution in [1.29, 1.82) is 0 Å². The summed E-state index contributed by atoms with van der Waals surface area (Å²) in [4.78, 5) is 1.37. The van der Waals surface area contributed by atoms with Crippen LogP contribution in [0.25, 0.3) is 10.8 Å². The maximum atomic E-state index is 3.36. The second-order valence-corrected chi connectivity index (χ2v) is 4.18. The minimum atomic E-state index is 1.01. The third-order valence-electron chi connectivity index (χ3n) is 2.34. The maximum absolute atomic E-state index is 3.36. The fourth-order valence-electron chi connectivity index (χ4n) is 1.67. The predicted octanol–water partition coefficient (Wildman–Crippen LogP) is 3.31. The van der Waals surface area contributed by atoms with Crippen molar-refractivity contribution < 1.29 is 0 Å². The lowest BCUT2D eigenvalue weighted by Gasteiger charge is -2.01. The normalized spacial score (nSPS) is 14.2. The first kappa shape index (κ1) is 7.27. The zero-order valence-electron chi connectivity index (χ0n) is 7.08. The molecule has 2 heteroatoms. The van der Waals surface area contributed by atoms with Gasteiger partial charge in [0, 0.05) is 10.6 Å². The van der Waals surface area contributed by atoms with Crippen molar-refractivity contribution in [2.75, 3.05) is 11.2 Å². The van der Waals surface area contributed by atoms with Crippen molar-refractivity contribution in [3.63, 3.8) is 0 Å². The van der Waals surface area contributed by atoms with E-state index in [2.05, 4.69) is 41.7 Å². The summed E-state index contributed by atoms with van der Waals surface area (Å²) in [5.74, 6) is 1.01. The number of hydrogen-bond acceptors (Lipinski definition) is 2. The zero-order chi connectivity index (χ0) is 8.67. The van der Waals surface area contributed by atoms with E-state index in [0.717, 1.165) is 5.88 Å². The summed E-state index contributed by atoms with van der Waals surface area (Å²) >= 11 is 1.87. The first-order chi connectivity index (χ1) is 6.43. The third-order valence-corrected chi connectivity index (χ3v) is 3.28. The quantitative estimate of drug-likeness (QED) is 0.679. The Morgan fingerprint density at radius 1 is 1.08 bits per heavy atom. The molecule has 0 fully saturated rings. The van der Waals surface area contributed by atoms with E-state index in [9.17, 15) is 0 Å². The smallest absolute Gasteiger partial charge is 0.0658 e. The Morgan fingerprint density at radius 2 is 1.85 bits per heavy atom. The zero-order valence-corrected chi connectivity index (χ0v) is 7.90. The van der Waals surface area contributed by atoms with E-state index < -0.39 is 0 Å². The SMILES string of the molecule is c1ccc2cc3c(cc2c1)NCS3. The third kappa shape index (κ3) is 1.10. The summed E-state index contributed by atoms with van der Waals surface area (Å²) in [7, 11) is 0. The van der Waals surface area contributed by atoms with Gasteiger partial charge in [-0.25, -0.2) is 0 Å². The topological polar surface area (TPSA) is 12.0 Å². The molecule has 64 valence electrons. The molecule has 0 aromatic heterocycles. The highest BCUT2D eigenvalue weighted by atomic mass is 32.2. The van der Waals surface area contributed by atoms with Gasteiger partial charge in [-0.3, -0.25) is 0 Å². The summed E-state index contributed by atoms with van der Waals surface area (Å²) in [5, 5.41) is 6.00. The van der Waals surface area contributed by atoms with Gasteiger partial charge in [0.1, 0.15) is 0 Å². The summed E-state index contributed by atoms with van der Waals surface area (Å²) in [5.41, 5.74) is 1.28. The second kappa shape index (κ2) is 2.67. The molecule has 0 atom stereocenters. The largest absolute Gasteiger partial charge is 0.375 e. The second-order valence-electron chi connectivity index (χ2n) is 3.16. The van der Waals surface area contributed by atoms with Crippen molar-refractivity contribution in [2.45, 2.75) is 4.90 Å². The number of hydrogen-bond donors (Lipinski definition) is 1. The van der Waals surface area contributed by atoms with Gasteiger partial charge in [-0.05, 0) is 22.9 Å². The van der Waals surface area contributed by atoms with Crippen LogP contribution in [0.4, 0.5) is 5.69 Å². The molecule has 1 nitrogen and oxygen atoms in total. The molecule has 0 saturated heterocycles. The van der Waals surface area contributed by atoms with Gasteiger partial charge in [-0.2, -0.15) is 0 Å². The number of thioether (sulfide) groups is 1. The van der Waals surface area contributed by atoms with Crippen LogP contribution in [0, 0.1) is 0 Å². The fourth-order valence-corrected chi connectivity index (χ4v) is 2.55. The van der Waals surface area contributed by atoms with Gasteiger partial charge in [0.15, 0.2) is 0 Å². The number of rotatable bonds is 0. The molecular formula is C11H9NS. The molecule has 2 aromatic carbocycles. The molecule has 1 aliphatic rings. The number of nitrogens with one attached hydrogen (secondary N) is 1. The lowest BCUT2D eigenvalue weighted by molar-refractivity contribution is 1.45. The van der Waals surface area contributed by atoms with Crippen LogP contribution in [0.15, 0.2) is 41.3 Å².